The molecule has 0 radical (unpaired) electrons. The third-order valence-electron chi connectivity index (χ3n) is 3.56. The molecule has 21 heavy (non-hydrogen) atoms. The van der Waals surface area contributed by atoms with Crippen LogP contribution in [0.25, 0.3) is 0 Å². The number of benzene rings is 1. The highest BCUT2D eigenvalue weighted by Crippen LogP contribution is 2.21. The predicted molar refractivity (Wildman–Crippen MR) is 78.4 cm³/mol. The number of ether oxygens (including phenoxy) is 2. The number of urea groups is 1. The van der Waals surface area contributed by atoms with Crippen LogP contribution < -0.4 is 10.1 Å². The lowest BCUT2D eigenvalue weighted by molar-refractivity contribution is -0.146. The van der Waals surface area contributed by atoms with Crippen molar-refractivity contribution in [1.29, 1.82) is 0 Å². The van der Waals surface area contributed by atoms with Crippen molar-refractivity contribution in [3.05, 3.63) is 24.3 Å². The molecule has 0 spiro atoms. The molecule has 6 heteroatoms. The molecule has 0 aliphatic carbocycles. The average Bonchev–Trinajstić information content (AvgIpc) is 2.54. The van der Waals surface area contributed by atoms with Crippen LogP contribution in [0.1, 0.15) is 19.3 Å². The monoisotopic (exact) mass is 292 g/mol. The molecule has 1 unspecified atom stereocenters. The van der Waals surface area contributed by atoms with Gasteiger partial charge in [-0.15, -0.1) is 0 Å². The first-order valence-electron chi connectivity index (χ1n) is 6.95. The molecule has 1 aromatic carbocycles. The normalized spacial score (nSPS) is 18.0. The van der Waals surface area contributed by atoms with Crippen LogP contribution in [0.4, 0.5) is 10.5 Å². The van der Waals surface area contributed by atoms with Crippen molar-refractivity contribution in [3.63, 3.8) is 0 Å². The largest absolute Gasteiger partial charge is 0.497 e. The first-order chi connectivity index (χ1) is 10.2. The molecule has 6 nitrogen and oxygen atoms in total. The number of hydrogen-bond acceptors (Lipinski definition) is 4. The predicted octanol–water partition coefficient (Wildman–Crippen LogP) is 2.25. The van der Waals surface area contributed by atoms with Gasteiger partial charge in [-0.25, -0.2) is 9.59 Å². The van der Waals surface area contributed by atoms with E-state index in [0.29, 0.717) is 24.4 Å². The Hall–Kier alpha value is -2.24. The van der Waals surface area contributed by atoms with Crippen LogP contribution in [-0.4, -0.2) is 43.7 Å². The quantitative estimate of drug-likeness (QED) is 0.868. The summed E-state index contributed by atoms with van der Waals surface area (Å²) in [6.07, 6.45) is 2.44. The van der Waals surface area contributed by atoms with Crippen molar-refractivity contribution < 1.29 is 19.1 Å². The summed E-state index contributed by atoms with van der Waals surface area (Å²) in [6, 6.07) is 6.30. The number of methoxy groups -OCH3 is 2. The zero-order valence-corrected chi connectivity index (χ0v) is 12.3. The van der Waals surface area contributed by atoms with Crippen molar-refractivity contribution in [1.82, 2.24) is 4.90 Å². The molecule has 1 fully saturated rings. The van der Waals surface area contributed by atoms with Gasteiger partial charge >= 0.3 is 12.0 Å². The summed E-state index contributed by atoms with van der Waals surface area (Å²) in [5.74, 6) is 0.298. The molecule has 1 saturated heterocycles. The Morgan fingerprint density at radius 2 is 2.10 bits per heavy atom. The minimum absolute atomic E-state index is 0.293. The Morgan fingerprint density at radius 1 is 1.29 bits per heavy atom. The summed E-state index contributed by atoms with van der Waals surface area (Å²) in [5.41, 5.74) is 0.633. The fourth-order valence-electron chi connectivity index (χ4n) is 2.45. The Balaban J connectivity index is 2.08. The molecule has 1 heterocycles. The van der Waals surface area contributed by atoms with E-state index < -0.39 is 6.04 Å². The van der Waals surface area contributed by atoms with Gasteiger partial charge in [-0.05, 0) is 31.4 Å². The fourth-order valence-corrected chi connectivity index (χ4v) is 2.45. The number of anilines is 1. The van der Waals surface area contributed by atoms with Gasteiger partial charge in [0.15, 0.2) is 0 Å². The number of amides is 2. The van der Waals surface area contributed by atoms with E-state index in [0.717, 1.165) is 12.8 Å². The molecule has 2 amide bonds. The second-order valence-corrected chi connectivity index (χ2v) is 4.89. The van der Waals surface area contributed by atoms with Gasteiger partial charge in [-0.3, -0.25) is 0 Å². The third kappa shape index (κ3) is 3.65. The highest BCUT2D eigenvalue weighted by molar-refractivity contribution is 5.92. The van der Waals surface area contributed by atoms with Gasteiger partial charge < -0.3 is 19.7 Å². The molecule has 0 aromatic heterocycles. The number of hydrogen-bond donors (Lipinski definition) is 1. The second-order valence-electron chi connectivity index (χ2n) is 4.89. The van der Waals surface area contributed by atoms with Gasteiger partial charge in [-0.2, -0.15) is 0 Å². The number of likely N-dealkylation sites (tertiary alicyclic amines) is 1. The van der Waals surface area contributed by atoms with Gasteiger partial charge in [0.2, 0.25) is 0 Å². The van der Waals surface area contributed by atoms with Gasteiger partial charge in [0.1, 0.15) is 11.8 Å². The van der Waals surface area contributed by atoms with E-state index >= 15 is 0 Å². The minimum Gasteiger partial charge on any atom is -0.497 e. The zero-order chi connectivity index (χ0) is 15.2. The molecule has 1 aromatic rings. The van der Waals surface area contributed by atoms with Gasteiger partial charge in [0.05, 0.1) is 14.2 Å². The van der Waals surface area contributed by atoms with E-state index in [4.69, 9.17) is 9.47 Å². The third-order valence-corrected chi connectivity index (χ3v) is 3.56. The first-order valence-corrected chi connectivity index (χ1v) is 6.95. The number of piperidine rings is 1. The van der Waals surface area contributed by atoms with Gasteiger partial charge in [0.25, 0.3) is 0 Å². The standard InChI is InChI=1S/C15H20N2O4/c1-20-12-7-5-6-11(10-12)16-15(19)17-9-4-3-8-13(17)14(18)21-2/h5-7,10,13H,3-4,8-9H2,1-2H3,(H,16,19). The van der Waals surface area contributed by atoms with Crippen LogP contribution in [0.3, 0.4) is 0 Å². The maximum Gasteiger partial charge on any atom is 0.328 e. The summed E-state index contributed by atoms with van der Waals surface area (Å²) >= 11 is 0. The molecule has 114 valence electrons. The van der Waals surface area contributed by atoms with E-state index in [1.165, 1.54) is 12.0 Å². The number of esters is 1. The van der Waals surface area contributed by atoms with Gasteiger partial charge in [0, 0.05) is 18.3 Å². The molecule has 1 N–H and O–H groups in total. The molecule has 1 atom stereocenters. The van der Waals surface area contributed by atoms with Crippen LogP contribution in [0, 0.1) is 0 Å². The second kappa shape index (κ2) is 6.97. The Morgan fingerprint density at radius 3 is 2.81 bits per heavy atom. The van der Waals surface area contributed by atoms with Crippen molar-refractivity contribution in [3.8, 4) is 5.75 Å². The summed E-state index contributed by atoms with van der Waals surface area (Å²) < 4.78 is 9.90. The lowest BCUT2D eigenvalue weighted by atomic mass is 10.0. The lowest BCUT2D eigenvalue weighted by Gasteiger charge is -2.33. The van der Waals surface area contributed by atoms with E-state index in [1.807, 2.05) is 0 Å². The molecular weight excluding hydrogens is 272 g/mol. The van der Waals surface area contributed by atoms with Crippen LogP contribution >= 0.6 is 0 Å². The molecule has 1 aliphatic rings. The Bertz CT molecular complexity index is 518. The highest BCUT2D eigenvalue weighted by Gasteiger charge is 2.32. The Labute approximate surface area is 124 Å². The fraction of sp³-hybridized carbons (Fsp3) is 0.467. The number of nitrogens with one attached hydrogen (secondary N) is 1. The minimum atomic E-state index is -0.505. The van der Waals surface area contributed by atoms with Crippen LogP contribution in [0.15, 0.2) is 24.3 Å². The topological polar surface area (TPSA) is 67.9 Å². The lowest BCUT2D eigenvalue weighted by Crippen LogP contribution is -2.50. The highest BCUT2D eigenvalue weighted by atomic mass is 16.5. The van der Waals surface area contributed by atoms with Crippen LogP contribution in [-0.2, 0) is 9.53 Å². The maximum atomic E-state index is 12.4. The van der Waals surface area contributed by atoms with Crippen molar-refractivity contribution in [2.24, 2.45) is 0 Å². The van der Waals surface area contributed by atoms with Crippen LogP contribution in [0.5, 0.6) is 5.75 Å². The summed E-state index contributed by atoms with van der Waals surface area (Å²) in [4.78, 5) is 25.7. The molecule has 0 bridgehead atoms. The van der Waals surface area contributed by atoms with E-state index in [9.17, 15) is 9.59 Å². The SMILES string of the molecule is COC(=O)C1CCCCN1C(=O)Nc1cccc(OC)c1. The van der Waals surface area contributed by atoms with E-state index in [1.54, 1.807) is 31.4 Å². The van der Waals surface area contributed by atoms with E-state index in [-0.39, 0.29) is 12.0 Å². The van der Waals surface area contributed by atoms with Gasteiger partial charge in [-0.1, -0.05) is 6.07 Å². The van der Waals surface area contributed by atoms with Crippen molar-refractivity contribution in [2.45, 2.75) is 25.3 Å². The van der Waals surface area contributed by atoms with E-state index in [2.05, 4.69) is 5.32 Å². The van der Waals surface area contributed by atoms with Crippen LogP contribution in [0.2, 0.25) is 0 Å². The molecular formula is C15H20N2O4. The maximum absolute atomic E-state index is 12.4. The summed E-state index contributed by atoms with van der Waals surface area (Å²) in [6.45, 7) is 0.551. The first kappa shape index (κ1) is 15.2. The smallest absolute Gasteiger partial charge is 0.328 e. The number of carbonyl (C=O) groups is 2. The molecule has 2 rings (SSSR count). The molecule has 0 saturated carbocycles. The summed E-state index contributed by atoms with van der Waals surface area (Å²) in [7, 11) is 2.91. The summed E-state index contributed by atoms with van der Waals surface area (Å²) in [5, 5.41) is 2.79. The number of nitrogens with zero attached hydrogens (tertiary/aromatic N) is 1. The Kier molecular flexibility index (Phi) is 5.03. The number of rotatable bonds is 3. The average molecular weight is 292 g/mol. The zero-order valence-electron chi connectivity index (χ0n) is 12.3. The molecule has 1 aliphatic heterocycles. The van der Waals surface area contributed by atoms with Crippen molar-refractivity contribution >= 4 is 17.7 Å². The number of carbonyl (C=O) groups excluding carboxylic acids is 2. The van der Waals surface area contributed by atoms with Crippen molar-refractivity contribution in [2.75, 3.05) is 26.1 Å².